The Balaban J connectivity index is 1.69. The van der Waals surface area contributed by atoms with E-state index in [0.717, 1.165) is 16.8 Å². The highest BCUT2D eigenvalue weighted by Gasteiger charge is 2.28. The van der Waals surface area contributed by atoms with Crippen molar-refractivity contribution in [1.29, 1.82) is 0 Å². The van der Waals surface area contributed by atoms with Crippen LogP contribution < -0.4 is 0 Å². The summed E-state index contributed by atoms with van der Waals surface area (Å²) in [7, 11) is 0. The van der Waals surface area contributed by atoms with Crippen LogP contribution in [0.4, 0.5) is 0 Å². The van der Waals surface area contributed by atoms with Crippen molar-refractivity contribution >= 4 is 5.91 Å². The zero-order valence-corrected chi connectivity index (χ0v) is 12.9. The van der Waals surface area contributed by atoms with Gasteiger partial charge in [-0.15, -0.1) is 10.2 Å². The van der Waals surface area contributed by atoms with Crippen molar-refractivity contribution in [3.8, 4) is 5.69 Å². The summed E-state index contributed by atoms with van der Waals surface area (Å²) in [6.07, 6.45) is 2.46. The van der Waals surface area contributed by atoms with E-state index in [4.69, 9.17) is 0 Å². The van der Waals surface area contributed by atoms with Gasteiger partial charge >= 0.3 is 0 Å². The Labute approximate surface area is 139 Å². The van der Waals surface area contributed by atoms with E-state index in [9.17, 15) is 9.90 Å². The van der Waals surface area contributed by atoms with Gasteiger partial charge in [0.15, 0.2) is 0 Å². The highest BCUT2D eigenvalue weighted by atomic mass is 16.3. The summed E-state index contributed by atoms with van der Waals surface area (Å²) in [6.45, 7) is 0.773. The molecule has 0 radical (unpaired) electrons. The molecule has 1 aliphatic rings. The van der Waals surface area contributed by atoms with Crippen molar-refractivity contribution in [3.05, 3.63) is 77.9 Å². The van der Waals surface area contributed by atoms with Crippen molar-refractivity contribution < 1.29 is 9.90 Å². The van der Waals surface area contributed by atoms with Crippen LogP contribution in [0.3, 0.4) is 0 Å². The number of rotatable bonds is 2. The third-order valence-electron chi connectivity index (χ3n) is 4.29. The number of aliphatic hydroxyl groups is 1. The number of nitrogens with zero attached hydrogens (tertiary/aromatic N) is 4. The minimum Gasteiger partial charge on any atom is -0.387 e. The number of benzene rings is 2. The Bertz CT molecular complexity index is 876. The van der Waals surface area contributed by atoms with E-state index in [-0.39, 0.29) is 12.5 Å². The number of para-hydroxylation sites is 1. The minimum absolute atomic E-state index is 0.118. The van der Waals surface area contributed by atoms with Gasteiger partial charge in [0, 0.05) is 6.54 Å². The van der Waals surface area contributed by atoms with Crippen molar-refractivity contribution in [2.75, 3.05) is 6.54 Å². The van der Waals surface area contributed by atoms with E-state index >= 15 is 0 Å². The smallest absolute Gasteiger partial charge is 0.256 e. The van der Waals surface area contributed by atoms with Gasteiger partial charge in [-0.3, -0.25) is 9.36 Å². The lowest BCUT2D eigenvalue weighted by Gasteiger charge is -2.32. The third kappa shape index (κ3) is 2.47. The number of aromatic nitrogens is 3. The van der Waals surface area contributed by atoms with Crippen molar-refractivity contribution in [1.82, 2.24) is 19.7 Å². The molecule has 24 heavy (non-hydrogen) atoms. The second kappa shape index (κ2) is 5.90. The van der Waals surface area contributed by atoms with Gasteiger partial charge in [0.1, 0.15) is 12.7 Å². The summed E-state index contributed by atoms with van der Waals surface area (Å²) in [4.78, 5) is 14.7. The fraction of sp³-hybridized carbons (Fsp3) is 0.167. The molecule has 3 aromatic rings. The first kappa shape index (κ1) is 14.6. The topological polar surface area (TPSA) is 71.2 Å². The average molecular weight is 320 g/mol. The molecule has 1 amide bonds. The first-order valence-corrected chi connectivity index (χ1v) is 7.73. The first-order chi connectivity index (χ1) is 11.7. The maximum Gasteiger partial charge on any atom is 0.256 e. The second-order valence-corrected chi connectivity index (χ2v) is 5.79. The molecule has 1 N–H and O–H groups in total. The Hall–Kier alpha value is -2.99. The zero-order valence-electron chi connectivity index (χ0n) is 12.9. The molecule has 0 aliphatic carbocycles. The zero-order chi connectivity index (χ0) is 16.5. The van der Waals surface area contributed by atoms with Crippen LogP contribution in [0.2, 0.25) is 0 Å². The third-order valence-corrected chi connectivity index (χ3v) is 4.29. The fourth-order valence-corrected chi connectivity index (χ4v) is 3.11. The molecule has 6 heteroatoms. The maximum atomic E-state index is 13.0. The van der Waals surface area contributed by atoms with Crippen LogP contribution in [0, 0.1) is 0 Å². The van der Waals surface area contributed by atoms with Crippen LogP contribution in [0.5, 0.6) is 0 Å². The molecular formula is C18H16N4O2. The fourth-order valence-electron chi connectivity index (χ4n) is 3.11. The molecule has 1 aliphatic heterocycles. The summed E-state index contributed by atoms with van der Waals surface area (Å²) >= 11 is 0. The van der Waals surface area contributed by atoms with Gasteiger partial charge in [0.2, 0.25) is 0 Å². The SMILES string of the molecule is O=C(c1ccccc1-n1cnnc1)N1Cc2ccccc2[C@H](O)C1. The number of fused-ring (bicyclic) bond motifs is 1. The number of hydrogen-bond acceptors (Lipinski definition) is 4. The molecule has 2 heterocycles. The normalized spacial score (nSPS) is 16.7. The van der Waals surface area contributed by atoms with E-state index in [1.807, 2.05) is 42.5 Å². The van der Waals surface area contributed by atoms with Gasteiger partial charge in [0.25, 0.3) is 5.91 Å². The van der Waals surface area contributed by atoms with Gasteiger partial charge in [-0.1, -0.05) is 36.4 Å². The molecule has 0 bridgehead atoms. The minimum atomic E-state index is -0.666. The van der Waals surface area contributed by atoms with Crippen LogP contribution in [0.15, 0.2) is 61.2 Å². The van der Waals surface area contributed by atoms with E-state index in [1.54, 1.807) is 28.2 Å². The quantitative estimate of drug-likeness (QED) is 0.783. The highest BCUT2D eigenvalue weighted by Crippen LogP contribution is 2.28. The predicted molar refractivity (Wildman–Crippen MR) is 87.5 cm³/mol. The highest BCUT2D eigenvalue weighted by molar-refractivity contribution is 5.98. The molecule has 0 spiro atoms. The maximum absolute atomic E-state index is 13.0. The van der Waals surface area contributed by atoms with Gasteiger partial charge in [-0.25, -0.2) is 0 Å². The lowest BCUT2D eigenvalue weighted by molar-refractivity contribution is 0.0550. The van der Waals surface area contributed by atoms with E-state index in [2.05, 4.69) is 10.2 Å². The van der Waals surface area contributed by atoms with E-state index in [1.165, 1.54) is 0 Å². The number of aliphatic hydroxyl groups excluding tert-OH is 1. The van der Waals surface area contributed by atoms with E-state index in [0.29, 0.717) is 12.1 Å². The summed E-state index contributed by atoms with van der Waals surface area (Å²) in [5.41, 5.74) is 3.16. The van der Waals surface area contributed by atoms with Gasteiger partial charge in [-0.2, -0.15) is 0 Å². The van der Waals surface area contributed by atoms with Crippen LogP contribution in [0.25, 0.3) is 5.69 Å². The molecule has 6 nitrogen and oxygen atoms in total. The molecular weight excluding hydrogens is 304 g/mol. The summed E-state index contributed by atoms with van der Waals surface area (Å²) in [5, 5.41) is 18.0. The van der Waals surface area contributed by atoms with E-state index < -0.39 is 6.10 Å². The Morgan fingerprint density at radius 3 is 2.58 bits per heavy atom. The Kier molecular flexibility index (Phi) is 3.59. The molecule has 4 rings (SSSR count). The largest absolute Gasteiger partial charge is 0.387 e. The number of β-amino-alcohol motifs (C(OH)–C–C–N with tert-alkyl or cyclic N) is 1. The Morgan fingerprint density at radius 2 is 1.75 bits per heavy atom. The standard InChI is InChI=1S/C18H16N4O2/c23-17-10-21(9-13-5-1-2-6-14(13)17)18(24)15-7-3-4-8-16(15)22-11-19-20-12-22/h1-8,11-12,17,23H,9-10H2/t17-/m1/s1. The van der Waals surface area contributed by atoms with Crippen molar-refractivity contribution in [3.63, 3.8) is 0 Å². The summed E-state index contributed by atoms with van der Waals surface area (Å²) in [6, 6.07) is 15.0. The van der Waals surface area contributed by atoms with Gasteiger partial charge < -0.3 is 10.0 Å². The molecule has 120 valence electrons. The predicted octanol–water partition coefficient (Wildman–Crippen LogP) is 1.96. The van der Waals surface area contributed by atoms with Crippen LogP contribution in [0.1, 0.15) is 27.6 Å². The number of carbonyl (C=O) groups is 1. The lowest BCUT2D eigenvalue weighted by Crippen LogP contribution is -2.38. The molecule has 1 aromatic heterocycles. The van der Waals surface area contributed by atoms with Crippen LogP contribution in [-0.4, -0.2) is 37.2 Å². The first-order valence-electron chi connectivity index (χ1n) is 7.73. The van der Waals surface area contributed by atoms with Crippen LogP contribution in [-0.2, 0) is 6.54 Å². The second-order valence-electron chi connectivity index (χ2n) is 5.79. The molecule has 0 saturated carbocycles. The van der Waals surface area contributed by atoms with Gasteiger partial charge in [-0.05, 0) is 23.3 Å². The number of amides is 1. The number of hydrogen-bond donors (Lipinski definition) is 1. The summed E-state index contributed by atoms with van der Waals surface area (Å²) < 4.78 is 1.71. The summed E-state index contributed by atoms with van der Waals surface area (Å²) in [5.74, 6) is -0.118. The molecule has 0 unspecified atom stereocenters. The molecule has 1 atom stereocenters. The number of carbonyl (C=O) groups excluding carboxylic acids is 1. The molecule has 0 fully saturated rings. The average Bonchev–Trinajstić information content (AvgIpc) is 3.15. The Morgan fingerprint density at radius 1 is 1.04 bits per heavy atom. The lowest BCUT2D eigenvalue weighted by atomic mass is 9.97. The van der Waals surface area contributed by atoms with Crippen molar-refractivity contribution in [2.24, 2.45) is 0 Å². The molecule has 2 aromatic carbocycles. The molecule has 0 saturated heterocycles. The monoisotopic (exact) mass is 320 g/mol. The van der Waals surface area contributed by atoms with Crippen molar-refractivity contribution in [2.45, 2.75) is 12.6 Å². The van der Waals surface area contributed by atoms with Gasteiger partial charge in [0.05, 0.1) is 23.9 Å². The van der Waals surface area contributed by atoms with Crippen LogP contribution >= 0.6 is 0 Å².